The molecule has 0 aromatic carbocycles. The molecular weight excluding hydrogens is 210 g/mol. The number of amides is 3. The van der Waals surface area contributed by atoms with Crippen LogP contribution in [0.4, 0.5) is 4.79 Å². The second-order valence-electron chi connectivity index (χ2n) is 4.00. The molecule has 1 rings (SSSR count). The minimum atomic E-state index is -0.531. The van der Waals surface area contributed by atoms with Gasteiger partial charge in [0.1, 0.15) is 6.04 Å². The fraction of sp³-hybridized carbons (Fsp3) is 0.800. The third kappa shape index (κ3) is 3.10. The van der Waals surface area contributed by atoms with Gasteiger partial charge in [0.2, 0.25) is 5.91 Å². The molecule has 0 bridgehead atoms. The highest BCUT2D eigenvalue weighted by Crippen LogP contribution is 2.07. The van der Waals surface area contributed by atoms with E-state index in [1.807, 2.05) is 13.8 Å². The Bertz CT molecular complexity index is 268. The number of carbonyl (C=O) groups is 2. The first-order chi connectivity index (χ1) is 7.56. The van der Waals surface area contributed by atoms with Gasteiger partial charge in [-0.2, -0.15) is 0 Å². The van der Waals surface area contributed by atoms with Crippen LogP contribution in [0.1, 0.15) is 13.8 Å². The van der Waals surface area contributed by atoms with Gasteiger partial charge >= 0.3 is 6.03 Å². The molecule has 92 valence electrons. The van der Waals surface area contributed by atoms with Gasteiger partial charge in [-0.15, -0.1) is 0 Å². The van der Waals surface area contributed by atoms with Crippen molar-refractivity contribution in [1.82, 2.24) is 15.5 Å². The molecule has 1 atom stereocenters. The van der Waals surface area contributed by atoms with E-state index in [0.29, 0.717) is 13.2 Å². The number of hydrogen-bond acceptors (Lipinski definition) is 3. The molecule has 2 N–H and O–H groups in total. The molecule has 1 aliphatic heterocycles. The van der Waals surface area contributed by atoms with Crippen LogP contribution in [-0.4, -0.2) is 55.7 Å². The summed E-state index contributed by atoms with van der Waals surface area (Å²) < 4.78 is 5.23. The number of morpholine rings is 1. The van der Waals surface area contributed by atoms with Gasteiger partial charge in [-0.05, 0) is 13.8 Å². The molecule has 0 radical (unpaired) electrons. The summed E-state index contributed by atoms with van der Waals surface area (Å²) in [5, 5.41) is 5.31. The fourth-order valence-electron chi connectivity index (χ4n) is 1.59. The van der Waals surface area contributed by atoms with E-state index in [1.165, 1.54) is 4.90 Å². The molecule has 0 aliphatic carbocycles. The van der Waals surface area contributed by atoms with Crippen molar-refractivity contribution in [2.45, 2.75) is 25.9 Å². The molecule has 16 heavy (non-hydrogen) atoms. The molecule has 1 fully saturated rings. The van der Waals surface area contributed by atoms with E-state index in [2.05, 4.69) is 10.6 Å². The lowest BCUT2D eigenvalue weighted by Gasteiger charge is -2.34. The average Bonchev–Trinajstić information content (AvgIpc) is 2.27. The first kappa shape index (κ1) is 12.8. The van der Waals surface area contributed by atoms with Crippen LogP contribution in [0, 0.1) is 0 Å². The third-order valence-electron chi connectivity index (χ3n) is 2.34. The Hall–Kier alpha value is -1.30. The van der Waals surface area contributed by atoms with Gasteiger partial charge in [0.15, 0.2) is 0 Å². The van der Waals surface area contributed by atoms with E-state index in [4.69, 9.17) is 4.74 Å². The van der Waals surface area contributed by atoms with Crippen molar-refractivity contribution >= 4 is 11.9 Å². The highest BCUT2D eigenvalue weighted by molar-refractivity contribution is 5.87. The minimum Gasteiger partial charge on any atom is -0.377 e. The molecule has 6 heteroatoms. The smallest absolute Gasteiger partial charge is 0.317 e. The highest BCUT2D eigenvalue weighted by atomic mass is 16.5. The fourth-order valence-corrected chi connectivity index (χ4v) is 1.59. The van der Waals surface area contributed by atoms with E-state index < -0.39 is 6.04 Å². The predicted molar refractivity (Wildman–Crippen MR) is 59.0 cm³/mol. The maximum absolute atomic E-state index is 11.8. The lowest BCUT2D eigenvalue weighted by molar-refractivity contribution is -0.130. The minimum absolute atomic E-state index is 0.0564. The first-order valence-electron chi connectivity index (χ1n) is 5.42. The number of rotatable bonds is 2. The quantitative estimate of drug-likeness (QED) is 0.674. The molecular formula is C10H19N3O3. The van der Waals surface area contributed by atoms with Gasteiger partial charge in [-0.3, -0.25) is 4.79 Å². The van der Waals surface area contributed by atoms with Crippen LogP contribution in [0.25, 0.3) is 0 Å². The Morgan fingerprint density at radius 3 is 2.69 bits per heavy atom. The van der Waals surface area contributed by atoms with Gasteiger partial charge in [-0.25, -0.2) is 4.79 Å². The van der Waals surface area contributed by atoms with Crippen molar-refractivity contribution in [3.8, 4) is 0 Å². The van der Waals surface area contributed by atoms with Crippen molar-refractivity contribution in [2.24, 2.45) is 0 Å². The van der Waals surface area contributed by atoms with Crippen molar-refractivity contribution in [2.75, 3.05) is 26.8 Å². The van der Waals surface area contributed by atoms with Gasteiger partial charge < -0.3 is 20.3 Å². The molecule has 0 aromatic rings. The van der Waals surface area contributed by atoms with E-state index in [-0.39, 0.29) is 24.6 Å². The summed E-state index contributed by atoms with van der Waals surface area (Å²) in [6.07, 6.45) is 0. The van der Waals surface area contributed by atoms with Crippen LogP contribution < -0.4 is 10.6 Å². The Kier molecular flexibility index (Phi) is 4.54. The van der Waals surface area contributed by atoms with Crippen molar-refractivity contribution in [1.29, 1.82) is 0 Å². The van der Waals surface area contributed by atoms with E-state index in [0.717, 1.165) is 0 Å². The number of hydrogen-bond donors (Lipinski definition) is 2. The third-order valence-corrected chi connectivity index (χ3v) is 2.34. The zero-order valence-corrected chi connectivity index (χ0v) is 9.95. The summed E-state index contributed by atoms with van der Waals surface area (Å²) in [4.78, 5) is 24.9. The van der Waals surface area contributed by atoms with Crippen molar-refractivity contribution in [3.63, 3.8) is 0 Å². The Balaban J connectivity index is 2.66. The summed E-state index contributed by atoms with van der Waals surface area (Å²) >= 11 is 0. The molecule has 6 nitrogen and oxygen atoms in total. The van der Waals surface area contributed by atoms with Gasteiger partial charge in [0.05, 0.1) is 13.2 Å². The normalized spacial score (nSPS) is 20.8. The van der Waals surface area contributed by atoms with Gasteiger partial charge in [-0.1, -0.05) is 0 Å². The topological polar surface area (TPSA) is 70.7 Å². The highest BCUT2D eigenvalue weighted by Gasteiger charge is 2.32. The molecule has 0 saturated carbocycles. The summed E-state index contributed by atoms with van der Waals surface area (Å²) in [6, 6.07) is -0.718. The summed E-state index contributed by atoms with van der Waals surface area (Å²) in [7, 11) is 1.55. The Morgan fingerprint density at radius 1 is 1.44 bits per heavy atom. The van der Waals surface area contributed by atoms with Crippen LogP contribution in [0.3, 0.4) is 0 Å². The van der Waals surface area contributed by atoms with E-state index >= 15 is 0 Å². The number of nitrogens with zero attached hydrogens (tertiary/aromatic N) is 1. The predicted octanol–water partition coefficient (Wildman–Crippen LogP) is -0.449. The molecule has 1 unspecified atom stereocenters. The van der Waals surface area contributed by atoms with Gasteiger partial charge in [0.25, 0.3) is 0 Å². The number of ether oxygens (including phenoxy) is 1. The summed E-state index contributed by atoms with van der Waals surface area (Å²) in [5.74, 6) is -0.168. The zero-order chi connectivity index (χ0) is 12.1. The Morgan fingerprint density at radius 2 is 2.12 bits per heavy atom. The lowest BCUT2D eigenvalue weighted by atomic mass is 10.2. The molecule has 3 amide bonds. The van der Waals surface area contributed by atoms with Crippen molar-refractivity contribution < 1.29 is 14.3 Å². The standard InChI is InChI=1S/C10H19N3O3/c1-7(2)12-9(14)8-6-16-5-4-13(8)10(15)11-3/h7-8H,4-6H2,1-3H3,(H,11,15)(H,12,14). The van der Waals surface area contributed by atoms with E-state index in [9.17, 15) is 9.59 Å². The largest absolute Gasteiger partial charge is 0.377 e. The van der Waals surface area contributed by atoms with Crippen LogP contribution in [0.15, 0.2) is 0 Å². The first-order valence-corrected chi connectivity index (χ1v) is 5.42. The summed E-state index contributed by atoms with van der Waals surface area (Å²) in [5.41, 5.74) is 0. The number of urea groups is 1. The summed E-state index contributed by atoms with van der Waals surface area (Å²) in [6.45, 7) is 4.93. The SMILES string of the molecule is CNC(=O)N1CCOCC1C(=O)NC(C)C. The van der Waals surface area contributed by atoms with Crippen LogP contribution >= 0.6 is 0 Å². The van der Waals surface area contributed by atoms with E-state index in [1.54, 1.807) is 7.05 Å². The molecule has 1 saturated heterocycles. The maximum atomic E-state index is 11.8. The molecule has 0 aromatic heterocycles. The van der Waals surface area contributed by atoms with Gasteiger partial charge in [0, 0.05) is 19.6 Å². The van der Waals surface area contributed by atoms with Crippen LogP contribution in [0.2, 0.25) is 0 Å². The second-order valence-corrected chi connectivity index (χ2v) is 4.00. The Labute approximate surface area is 95.3 Å². The molecule has 1 heterocycles. The maximum Gasteiger partial charge on any atom is 0.317 e. The van der Waals surface area contributed by atoms with Crippen LogP contribution in [0.5, 0.6) is 0 Å². The number of nitrogens with one attached hydrogen (secondary N) is 2. The second kappa shape index (κ2) is 5.69. The zero-order valence-electron chi connectivity index (χ0n) is 9.95. The molecule has 1 aliphatic rings. The van der Waals surface area contributed by atoms with Crippen molar-refractivity contribution in [3.05, 3.63) is 0 Å². The van der Waals surface area contributed by atoms with Crippen LogP contribution in [-0.2, 0) is 9.53 Å². The number of carbonyl (C=O) groups excluding carboxylic acids is 2. The monoisotopic (exact) mass is 229 g/mol. The molecule has 0 spiro atoms. The average molecular weight is 229 g/mol. The lowest BCUT2D eigenvalue weighted by Crippen LogP contribution is -2.58.